The minimum absolute atomic E-state index is 0.335. The van der Waals surface area contributed by atoms with Crippen LogP contribution >= 0.6 is 11.6 Å². The summed E-state index contributed by atoms with van der Waals surface area (Å²) in [5.74, 6) is 0.688. The van der Waals surface area contributed by atoms with Gasteiger partial charge in [-0.2, -0.15) is 5.26 Å². The SMILES string of the molecule is CC(C)(C)C1CN(c2cc(Cl)ccc2C#N)C1. The largest absolute Gasteiger partial charge is 0.370 e. The van der Waals surface area contributed by atoms with Gasteiger partial charge in [-0.15, -0.1) is 0 Å². The number of rotatable bonds is 1. The summed E-state index contributed by atoms with van der Waals surface area (Å²) in [6, 6.07) is 7.68. The molecule has 1 aliphatic rings. The van der Waals surface area contributed by atoms with Crippen LogP contribution in [0.3, 0.4) is 0 Å². The van der Waals surface area contributed by atoms with Crippen molar-refractivity contribution in [2.45, 2.75) is 20.8 Å². The van der Waals surface area contributed by atoms with Crippen LogP contribution in [-0.4, -0.2) is 13.1 Å². The zero-order chi connectivity index (χ0) is 12.6. The molecule has 1 aliphatic heterocycles. The first kappa shape index (κ1) is 12.3. The van der Waals surface area contributed by atoms with E-state index < -0.39 is 0 Å². The van der Waals surface area contributed by atoms with Gasteiger partial charge in [0.1, 0.15) is 6.07 Å². The van der Waals surface area contributed by atoms with Crippen molar-refractivity contribution in [1.29, 1.82) is 5.26 Å². The molecule has 0 radical (unpaired) electrons. The fourth-order valence-corrected chi connectivity index (χ4v) is 2.25. The van der Waals surface area contributed by atoms with E-state index in [4.69, 9.17) is 16.9 Å². The molecule has 0 amide bonds. The Labute approximate surface area is 108 Å². The number of anilines is 1. The van der Waals surface area contributed by atoms with Gasteiger partial charge in [-0.1, -0.05) is 32.4 Å². The first-order valence-electron chi connectivity index (χ1n) is 5.86. The van der Waals surface area contributed by atoms with Crippen LogP contribution in [0.15, 0.2) is 18.2 Å². The summed E-state index contributed by atoms with van der Waals surface area (Å²) in [7, 11) is 0. The van der Waals surface area contributed by atoms with E-state index in [0.717, 1.165) is 18.8 Å². The highest BCUT2D eigenvalue weighted by Gasteiger charge is 2.36. The molecule has 1 aromatic carbocycles. The normalized spacial score (nSPS) is 16.5. The Morgan fingerprint density at radius 2 is 2.00 bits per heavy atom. The monoisotopic (exact) mass is 248 g/mol. The summed E-state index contributed by atoms with van der Waals surface area (Å²) < 4.78 is 0. The second-order valence-electron chi connectivity index (χ2n) is 5.74. The van der Waals surface area contributed by atoms with Gasteiger partial charge < -0.3 is 4.90 Å². The minimum atomic E-state index is 0.335. The van der Waals surface area contributed by atoms with Crippen LogP contribution < -0.4 is 4.90 Å². The van der Waals surface area contributed by atoms with Gasteiger partial charge in [-0.25, -0.2) is 0 Å². The van der Waals surface area contributed by atoms with E-state index in [0.29, 0.717) is 21.9 Å². The van der Waals surface area contributed by atoms with E-state index in [-0.39, 0.29) is 0 Å². The molecule has 2 nitrogen and oxygen atoms in total. The van der Waals surface area contributed by atoms with Crippen LogP contribution in [0.1, 0.15) is 26.3 Å². The fraction of sp³-hybridized carbons (Fsp3) is 0.500. The second-order valence-corrected chi connectivity index (χ2v) is 6.18. The minimum Gasteiger partial charge on any atom is -0.370 e. The fourth-order valence-electron chi connectivity index (χ4n) is 2.08. The molecule has 3 heteroatoms. The number of halogens is 1. The van der Waals surface area contributed by atoms with Crippen LogP contribution in [-0.2, 0) is 0 Å². The maximum absolute atomic E-state index is 9.08. The summed E-state index contributed by atoms with van der Waals surface area (Å²) in [5, 5.41) is 9.78. The van der Waals surface area contributed by atoms with E-state index in [1.807, 2.05) is 6.07 Å². The molecule has 1 heterocycles. The molecular weight excluding hydrogens is 232 g/mol. The molecule has 1 saturated heterocycles. The lowest BCUT2D eigenvalue weighted by Gasteiger charge is -2.47. The summed E-state index contributed by atoms with van der Waals surface area (Å²) in [5.41, 5.74) is 2.02. The Morgan fingerprint density at radius 1 is 1.35 bits per heavy atom. The highest BCUT2D eigenvalue weighted by atomic mass is 35.5. The Bertz CT molecular complexity index is 462. The van der Waals surface area contributed by atoms with Crippen molar-refractivity contribution in [2.75, 3.05) is 18.0 Å². The van der Waals surface area contributed by atoms with Crippen molar-refractivity contribution in [3.63, 3.8) is 0 Å². The van der Waals surface area contributed by atoms with Crippen molar-refractivity contribution < 1.29 is 0 Å². The predicted molar refractivity (Wildman–Crippen MR) is 71.3 cm³/mol. The van der Waals surface area contributed by atoms with Crippen LogP contribution in [0.25, 0.3) is 0 Å². The quantitative estimate of drug-likeness (QED) is 0.758. The topological polar surface area (TPSA) is 27.0 Å². The molecule has 1 aromatic rings. The summed E-state index contributed by atoms with van der Waals surface area (Å²) in [4.78, 5) is 2.24. The van der Waals surface area contributed by atoms with Crippen molar-refractivity contribution >= 4 is 17.3 Å². The first-order valence-corrected chi connectivity index (χ1v) is 6.24. The van der Waals surface area contributed by atoms with Crippen LogP contribution in [0.4, 0.5) is 5.69 Å². The van der Waals surface area contributed by atoms with Gasteiger partial charge in [0.2, 0.25) is 0 Å². The molecule has 90 valence electrons. The molecule has 0 unspecified atom stereocenters. The number of nitriles is 1. The predicted octanol–water partition coefficient (Wildman–Crippen LogP) is 3.69. The number of hydrogen-bond acceptors (Lipinski definition) is 2. The highest BCUT2D eigenvalue weighted by Crippen LogP contribution is 2.38. The smallest absolute Gasteiger partial charge is 0.101 e. The molecule has 1 fully saturated rings. The molecular formula is C14H17ClN2. The lowest BCUT2D eigenvalue weighted by atomic mass is 9.75. The summed E-state index contributed by atoms with van der Waals surface area (Å²) in [6.45, 7) is 8.81. The Kier molecular flexibility index (Phi) is 3.05. The van der Waals surface area contributed by atoms with Crippen LogP contribution in [0, 0.1) is 22.7 Å². The van der Waals surface area contributed by atoms with Crippen molar-refractivity contribution in [3.05, 3.63) is 28.8 Å². The molecule has 0 aromatic heterocycles. The third kappa shape index (κ3) is 2.40. The molecule has 0 bridgehead atoms. The molecule has 2 rings (SSSR count). The van der Waals surface area contributed by atoms with Gasteiger partial charge in [0.25, 0.3) is 0 Å². The zero-order valence-corrected chi connectivity index (χ0v) is 11.3. The average Bonchev–Trinajstić information content (AvgIpc) is 2.13. The lowest BCUT2D eigenvalue weighted by molar-refractivity contribution is 0.195. The van der Waals surface area contributed by atoms with E-state index in [1.54, 1.807) is 12.1 Å². The summed E-state index contributed by atoms with van der Waals surface area (Å²) >= 11 is 5.99. The standard InChI is InChI=1S/C14H17ClN2/c1-14(2,3)11-8-17(9-11)13-6-12(15)5-4-10(13)7-16/h4-6,11H,8-9H2,1-3H3. The number of benzene rings is 1. The maximum Gasteiger partial charge on any atom is 0.101 e. The van der Waals surface area contributed by atoms with E-state index in [9.17, 15) is 0 Å². The van der Waals surface area contributed by atoms with E-state index in [1.165, 1.54) is 0 Å². The van der Waals surface area contributed by atoms with Crippen LogP contribution in [0.2, 0.25) is 5.02 Å². The van der Waals surface area contributed by atoms with Crippen LogP contribution in [0.5, 0.6) is 0 Å². The molecule has 0 saturated carbocycles. The zero-order valence-electron chi connectivity index (χ0n) is 10.5. The van der Waals surface area contributed by atoms with Gasteiger partial charge in [0, 0.05) is 18.1 Å². The van der Waals surface area contributed by atoms with Crippen molar-refractivity contribution in [2.24, 2.45) is 11.3 Å². The number of nitrogens with zero attached hydrogens (tertiary/aromatic N) is 2. The average molecular weight is 249 g/mol. The molecule has 0 N–H and O–H groups in total. The van der Waals surface area contributed by atoms with Crippen molar-refractivity contribution in [3.8, 4) is 6.07 Å². The molecule has 17 heavy (non-hydrogen) atoms. The Balaban J connectivity index is 2.17. The Morgan fingerprint density at radius 3 is 2.53 bits per heavy atom. The third-order valence-electron chi connectivity index (χ3n) is 3.53. The van der Waals surface area contributed by atoms with E-state index in [2.05, 4.69) is 31.7 Å². The van der Waals surface area contributed by atoms with Crippen molar-refractivity contribution in [1.82, 2.24) is 0 Å². The molecule has 0 aliphatic carbocycles. The van der Waals surface area contributed by atoms with Gasteiger partial charge in [-0.3, -0.25) is 0 Å². The maximum atomic E-state index is 9.08. The number of hydrogen-bond donors (Lipinski definition) is 0. The first-order chi connectivity index (χ1) is 7.91. The highest BCUT2D eigenvalue weighted by molar-refractivity contribution is 6.30. The van der Waals surface area contributed by atoms with Gasteiger partial charge in [-0.05, 0) is 29.5 Å². The van der Waals surface area contributed by atoms with Gasteiger partial charge in [0.05, 0.1) is 11.3 Å². The second kappa shape index (κ2) is 4.23. The van der Waals surface area contributed by atoms with Gasteiger partial charge in [0.15, 0.2) is 0 Å². The third-order valence-corrected chi connectivity index (χ3v) is 3.76. The summed E-state index contributed by atoms with van der Waals surface area (Å²) in [6.07, 6.45) is 0. The molecule has 0 atom stereocenters. The molecule has 0 spiro atoms. The van der Waals surface area contributed by atoms with E-state index >= 15 is 0 Å². The lowest BCUT2D eigenvalue weighted by Crippen LogP contribution is -2.52. The Hall–Kier alpha value is -1.20. The van der Waals surface area contributed by atoms with Gasteiger partial charge >= 0.3 is 0 Å².